The highest BCUT2D eigenvalue weighted by Crippen LogP contribution is 2.24. The van der Waals surface area contributed by atoms with Gasteiger partial charge in [-0.1, -0.05) is 12.1 Å². The van der Waals surface area contributed by atoms with E-state index >= 15 is 0 Å². The molecule has 0 N–H and O–H groups in total. The van der Waals surface area contributed by atoms with Crippen LogP contribution >= 0.6 is 0 Å². The van der Waals surface area contributed by atoms with Gasteiger partial charge in [0.25, 0.3) is 0 Å². The number of anilines is 1. The largest absolute Gasteiger partial charge is 0.497 e. The Morgan fingerprint density at radius 1 is 1.09 bits per heavy atom. The average molecular weight is 294 g/mol. The van der Waals surface area contributed by atoms with Crippen LogP contribution in [0.5, 0.6) is 5.75 Å². The normalized spacial score (nSPS) is 14.7. The van der Waals surface area contributed by atoms with Crippen LogP contribution in [0.15, 0.2) is 42.7 Å². The number of imidazole rings is 1. The molecule has 3 aromatic rings. The lowest BCUT2D eigenvalue weighted by Crippen LogP contribution is -2.19. The zero-order chi connectivity index (χ0) is 14.9. The minimum Gasteiger partial charge on any atom is -0.497 e. The summed E-state index contributed by atoms with van der Waals surface area (Å²) in [6, 6.07) is 9.99. The van der Waals surface area contributed by atoms with Gasteiger partial charge < -0.3 is 9.64 Å². The topological polar surface area (TPSA) is 42.7 Å². The number of ether oxygens (including phenoxy) is 1. The molecule has 1 aliphatic rings. The number of aromatic nitrogens is 3. The van der Waals surface area contributed by atoms with Crippen LogP contribution in [0.4, 0.5) is 5.82 Å². The highest BCUT2D eigenvalue weighted by atomic mass is 16.5. The molecular weight excluding hydrogens is 276 g/mol. The summed E-state index contributed by atoms with van der Waals surface area (Å²) in [6.45, 7) is 2.18. The Kier molecular flexibility index (Phi) is 3.18. The highest BCUT2D eigenvalue weighted by Gasteiger charge is 2.14. The standard InChI is InChI=1S/C17H18N4O/c1-22-14-6-4-5-13(11-14)15-12-21-10-7-16(19-17(21)18-15)20-8-2-3-9-20/h4-7,10-12H,2-3,8-9H2,1H3. The van der Waals surface area contributed by atoms with Crippen LogP contribution in [0, 0.1) is 0 Å². The third-order valence-corrected chi connectivity index (χ3v) is 4.11. The molecule has 0 spiro atoms. The van der Waals surface area contributed by atoms with E-state index in [1.54, 1.807) is 7.11 Å². The molecule has 22 heavy (non-hydrogen) atoms. The van der Waals surface area contributed by atoms with Gasteiger partial charge >= 0.3 is 0 Å². The van der Waals surface area contributed by atoms with E-state index in [0.29, 0.717) is 0 Å². The quantitative estimate of drug-likeness (QED) is 0.745. The highest BCUT2D eigenvalue weighted by molar-refractivity contribution is 5.63. The van der Waals surface area contributed by atoms with Gasteiger partial charge in [0, 0.05) is 31.0 Å². The Labute approximate surface area is 129 Å². The van der Waals surface area contributed by atoms with Crippen LogP contribution < -0.4 is 9.64 Å². The molecule has 1 aliphatic heterocycles. The number of hydrogen-bond donors (Lipinski definition) is 0. The van der Waals surface area contributed by atoms with Gasteiger partial charge in [0.05, 0.1) is 12.8 Å². The summed E-state index contributed by atoms with van der Waals surface area (Å²) in [4.78, 5) is 11.7. The van der Waals surface area contributed by atoms with Crippen molar-refractivity contribution in [1.82, 2.24) is 14.4 Å². The molecule has 0 unspecified atom stereocenters. The lowest BCUT2D eigenvalue weighted by Gasteiger charge is -2.15. The van der Waals surface area contributed by atoms with Gasteiger partial charge in [0.1, 0.15) is 11.6 Å². The Hall–Kier alpha value is -2.56. The monoisotopic (exact) mass is 294 g/mol. The van der Waals surface area contributed by atoms with Gasteiger partial charge in [-0.3, -0.25) is 4.40 Å². The maximum atomic E-state index is 5.28. The molecular formula is C17H18N4O. The number of benzene rings is 1. The Bertz CT molecular complexity index is 805. The predicted octanol–water partition coefficient (Wildman–Crippen LogP) is 3.01. The SMILES string of the molecule is COc1cccc(-c2cn3ccc(N4CCCC4)nc3n2)c1. The van der Waals surface area contributed by atoms with E-state index in [0.717, 1.165) is 41.7 Å². The van der Waals surface area contributed by atoms with Gasteiger partial charge in [-0.2, -0.15) is 4.98 Å². The zero-order valence-electron chi connectivity index (χ0n) is 12.6. The number of rotatable bonds is 3. The lowest BCUT2D eigenvalue weighted by molar-refractivity contribution is 0.415. The summed E-state index contributed by atoms with van der Waals surface area (Å²) >= 11 is 0. The third-order valence-electron chi connectivity index (χ3n) is 4.11. The van der Waals surface area contributed by atoms with E-state index < -0.39 is 0 Å². The second-order valence-electron chi connectivity index (χ2n) is 5.55. The van der Waals surface area contributed by atoms with E-state index in [2.05, 4.69) is 16.0 Å². The van der Waals surface area contributed by atoms with Crippen molar-refractivity contribution in [3.63, 3.8) is 0 Å². The van der Waals surface area contributed by atoms with Crippen LogP contribution in [-0.4, -0.2) is 34.6 Å². The van der Waals surface area contributed by atoms with E-state index in [4.69, 9.17) is 9.72 Å². The first-order valence-electron chi connectivity index (χ1n) is 7.58. The van der Waals surface area contributed by atoms with Crippen molar-refractivity contribution in [3.05, 3.63) is 42.7 Å². The molecule has 4 rings (SSSR count). The molecule has 0 atom stereocenters. The van der Waals surface area contributed by atoms with Crippen LogP contribution in [0.25, 0.3) is 17.0 Å². The van der Waals surface area contributed by atoms with Gasteiger partial charge in [-0.05, 0) is 31.0 Å². The summed E-state index contributed by atoms with van der Waals surface area (Å²) in [5, 5.41) is 0. The molecule has 0 aliphatic carbocycles. The Morgan fingerprint density at radius 2 is 1.95 bits per heavy atom. The summed E-state index contributed by atoms with van der Waals surface area (Å²) < 4.78 is 7.25. The molecule has 5 nitrogen and oxygen atoms in total. The average Bonchev–Trinajstić information content (AvgIpc) is 3.23. The molecule has 1 fully saturated rings. The van der Waals surface area contributed by atoms with Crippen molar-refractivity contribution in [2.45, 2.75) is 12.8 Å². The fourth-order valence-corrected chi connectivity index (χ4v) is 2.91. The summed E-state index contributed by atoms with van der Waals surface area (Å²) in [7, 11) is 1.67. The number of nitrogens with zero attached hydrogens (tertiary/aromatic N) is 4. The van der Waals surface area contributed by atoms with Crippen molar-refractivity contribution >= 4 is 11.6 Å². The Balaban J connectivity index is 1.73. The molecule has 1 saturated heterocycles. The maximum absolute atomic E-state index is 5.28. The minimum atomic E-state index is 0.738. The van der Waals surface area contributed by atoms with Gasteiger partial charge in [-0.25, -0.2) is 4.98 Å². The molecule has 3 heterocycles. The Morgan fingerprint density at radius 3 is 2.77 bits per heavy atom. The minimum absolute atomic E-state index is 0.738. The summed E-state index contributed by atoms with van der Waals surface area (Å²) in [5.41, 5.74) is 1.94. The van der Waals surface area contributed by atoms with Crippen LogP contribution in [0.1, 0.15) is 12.8 Å². The van der Waals surface area contributed by atoms with E-state index in [9.17, 15) is 0 Å². The van der Waals surface area contributed by atoms with Crippen molar-refractivity contribution in [2.24, 2.45) is 0 Å². The van der Waals surface area contributed by atoms with E-state index in [1.165, 1.54) is 12.8 Å². The molecule has 112 valence electrons. The van der Waals surface area contributed by atoms with Crippen LogP contribution in [0.2, 0.25) is 0 Å². The van der Waals surface area contributed by atoms with Crippen molar-refractivity contribution < 1.29 is 4.74 Å². The van der Waals surface area contributed by atoms with Crippen molar-refractivity contribution in [2.75, 3.05) is 25.1 Å². The first-order chi connectivity index (χ1) is 10.8. The molecule has 0 radical (unpaired) electrons. The molecule has 5 heteroatoms. The molecule has 2 aromatic heterocycles. The molecule has 0 bridgehead atoms. The molecule has 0 saturated carbocycles. The molecule has 1 aromatic carbocycles. The van der Waals surface area contributed by atoms with Gasteiger partial charge in [0.15, 0.2) is 0 Å². The van der Waals surface area contributed by atoms with Gasteiger partial charge in [0.2, 0.25) is 5.78 Å². The number of hydrogen-bond acceptors (Lipinski definition) is 4. The zero-order valence-corrected chi connectivity index (χ0v) is 12.6. The fourth-order valence-electron chi connectivity index (χ4n) is 2.91. The van der Waals surface area contributed by atoms with Crippen LogP contribution in [0.3, 0.4) is 0 Å². The lowest BCUT2D eigenvalue weighted by atomic mass is 10.1. The maximum Gasteiger partial charge on any atom is 0.236 e. The first kappa shape index (κ1) is 13.1. The molecule has 0 amide bonds. The van der Waals surface area contributed by atoms with Crippen LogP contribution in [-0.2, 0) is 0 Å². The van der Waals surface area contributed by atoms with E-state index in [1.807, 2.05) is 41.1 Å². The third kappa shape index (κ3) is 2.28. The summed E-state index contributed by atoms with van der Waals surface area (Å²) in [5.74, 6) is 2.59. The second-order valence-corrected chi connectivity index (χ2v) is 5.55. The van der Waals surface area contributed by atoms with Crippen molar-refractivity contribution in [1.29, 1.82) is 0 Å². The fraction of sp³-hybridized carbons (Fsp3) is 0.294. The second kappa shape index (κ2) is 5.33. The number of methoxy groups -OCH3 is 1. The summed E-state index contributed by atoms with van der Waals surface area (Å²) in [6.07, 6.45) is 6.53. The van der Waals surface area contributed by atoms with E-state index in [-0.39, 0.29) is 0 Å². The predicted molar refractivity (Wildman–Crippen MR) is 86.4 cm³/mol. The smallest absolute Gasteiger partial charge is 0.236 e. The van der Waals surface area contributed by atoms with Gasteiger partial charge in [-0.15, -0.1) is 0 Å². The first-order valence-corrected chi connectivity index (χ1v) is 7.58. The number of fused-ring (bicyclic) bond motifs is 1. The van der Waals surface area contributed by atoms with Crippen molar-refractivity contribution in [3.8, 4) is 17.0 Å².